The summed E-state index contributed by atoms with van der Waals surface area (Å²) in [5.41, 5.74) is -2.84. The van der Waals surface area contributed by atoms with Crippen LogP contribution in [0.3, 0.4) is 0 Å². The Morgan fingerprint density at radius 2 is 2.05 bits per heavy atom. The van der Waals surface area contributed by atoms with E-state index in [2.05, 4.69) is 4.98 Å². The molecule has 0 fully saturated rings. The number of thiazole rings is 1. The van der Waals surface area contributed by atoms with Crippen molar-refractivity contribution >= 4 is 23.3 Å². The molecule has 1 aromatic rings. The minimum atomic E-state index is -5.12. The molecule has 0 aromatic carbocycles. The highest BCUT2D eigenvalue weighted by molar-refractivity contribution is 7.09. The predicted molar refractivity (Wildman–Crippen MR) is 68.9 cm³/mol. The molecule has 6 nitrogen and oxygen atoms in total. The molecule has 0 radical (unpaired) electrons. The maximum atomic E-state index is 12.8. The molecule has 0 aliphatic carbocycles. The molecule has 1 rings (SSSR count). The average Bonchev–Trinajstić information content (AvgIpc) is 2.72. The maximum absolute atomic E-state index is 12.8. The molecule has 10 heteroatoms. The molecular weight excluding hydrogens is 311 g/mol. The van der Waals surface area contributed by atoms with Crippen LogP contribution in [-0.4, -0.2) is 45.8 Å². The van der Waals surface area contributed by atoms with Crippen molar-refractivity contribution in [3.63, 3.8) is 0 Å². The maximum Gasteiger partial charge on any atom is 0.422 e. The van der Waals surface area contributed by atoms with Crippen LogP contribution < -0.4 is 5.32 Å². The highest BCUT2D eigenvalue weighted by Crippen LogP contribution is 2.30. The quantitative estimate of drug-likeness (QED) is 0.887. The van der Waals surface area contributed by atoms with Crippen LogP contribution in [0.2, 0.25) is 0 Å². The standard InChI is InChI=1S/C11H14F3N3O3S/c1-6-15-7(5-21-6)4-17(3)9(20)16-10(2,8(18)19)11(12,13)14/h5H,4H2,1-3H3,(H,16,20)(H,18,19). The summed E-state index contributed by atoms with van der Waals surface area (Å²) in [6.07, 6.45) is -5.12. The van der Waals surface area contributed by atoms with Crippen molar-refractivity contribution in [2.45, 2.75) is 32.1 Å². The Morgan fingerprint density at radius 3 is 2.43 bits per heavy atom. The summed E-state index contributed by atoms with van der Waals surface area (Å²) in [6, 6.07) is -1.15. The number of carboxylic acid groups (broad SMARTS) is 1. The Morgan fingerprint density at radius 1 is 1.48 bits per heavy atom. The van der Waals surface area contributed by atoms with Gasteiger partial charge in [-0.2, -0.15) is 13.2 Å². The second-order valence-electron chi connectivity index (χ2n) is 4.57. The van der Waals surface area contributed by atoms with Crippen molar-refractivity contribution in [1.29, 1.82) is 0 Å². The van der Waals surface area contributed by atoms with E-state index >= 15 is 0 Å². The van der Waals surface area contributed by atoms with Gasteiger partial charge in [0.15, 0.2) is 0 Å². The average molecular weight is 325 g/mol. The van der Waals surface area contributed by atoms with E-state index in [0.717, 1.165) is 9.91 Å². The molecular formula is C11H14F3N3O3S. The molecule has 1 aromatic heterocycles. The van der Waals surface area contributed by atoms with Crippen molar-refractivity contribution in [3.8, 4) is 0 Å². The molecule has 0 aliphatic rings. The Balaban J connectivity index is 2.80. The van der Waals surface area contributed by atoms with E-state index in [1.807, 2.05) is 0 Å². The van der Waals surface area contributed by atoms with Crippen molar-refractivity contribution in [2.24, 2.45) is 0 Å². The number of carbonyl (C=O) groups is 2. The van der Waals surface area contributed by atoms with Crippen LogP contribution in [-0.2, 0) is 11.3 Å². The van der Waals surface area contributed by atoms with Gasteiger partial charge in [-0.25, -0.2) is 14.6 Å². The first kappa shape index (κ1) is 17.2. The third kappa shape index (κ3) is 3.84. The van der Waals surface area contributed by atoms with Crippen LogP contribution >= 0.6 is 11.3 Å². The van der Waals surface area contributed by atoms with Crippen molar-refractivity contribution < 1.29 is 27.9 Å². The fourth-order valence-electron chi connectivity index (χ4n) is 1.35. The van der Waals surface area contributed by atoms with Gasteiger partial charge in [0.1, 0.15) is 0 Å². The van der Waals surface area contributed by atoms with Gasteiger partial charge in [0.05, 0.1) is 17.2 Å². The SMILES string of the molecule is Cc1nc(CN(C)C(=O)NC(C)(C(=O)O)C(F)(F)F)cs1. The van der Waals surface area contributed by atoms with Crippen LogP contribution in [0.4, 0.5) is 18.0 Å². The van der Waals surface area contributed by atoms with E-state index in [0.29, 0.717) is 12.6 Å². The highest BCUT2D eigenvalue weighted by Gasteiger charge is 2.58. The molecule has 2 amide bonds. The molecule has 0 saturated carbocycles. The summed E-state index contributed by atoms with van der Waals surface area (Å²) in [5.74, 6) is -2.18. The molecule has 0 saturated heterocycles. The third-order valence-corrected chi connectivity index (χ3v) is 3.59. The number of urea groups is 1. The normalized spacial score (nSPS) is 14.4. The molecule has 0 bridgehead atoms. The van der Waals surface area contributed by atoms with E-state index in [1.54, 1.807) is 12.3 Å². The number of nitrogens with zero attached hydrogens (tertiary/aromatic N) is 2. The van der Waals surface area contributed by atoms with Gasteiger partial charge >= 0.3 is 18.2 Å². The molecule has 0 aliphatic heterocycles. The zero-order valence-corrected chi connectivity index (χ0v) is 12.3. The van der Waals surface area contributed by atoms with Gasteiger partial charge in [-0.15, -0.1) is 11.3 Å². The number of amides is 2. The number of aryl methyl sites for hydroxylation is 1. The molecule has 1 atom stereocenters. The number of alkyl halides is 3. The fourth-order valence-corrected chi connectivity index (χ4v) is 1.95. The lowest BCUT2D eigenvalue weighted by Gasteiger charge is -2.30. The van der Waals surface area contributed by atoms with Crippen LogP contribution in [0.25, 0.3) is 0 Å². The lowest BCUT2D eigenvalue weighted by molar-refractivity contribution is -0.203. The van der Waals surface area contributed by atoms with Gasteiger partial charge in [-0.3, -0.25) is 0 Å². The van der Waals surface area contributed by atoms with Gasteiger partial charge in [0.2, 0.25) is 5.54 Å². The second kappa shape index (κ2) is 5.88. The zero-order valence-electron chi connectivity index (χ0n) is 11.5. The number of carbonyl (C=O) groups excluding carboxylic acids is 1. The number of hydrogen-bond donors (Lipinski definition) is 2. The molecule has 2 N–H and O–H groups in total. The zero-order chi connectivity index (χ0) is 16.4. The number of carboxylic acids is 1. The Bertz CT molecular complexity index is 546. The summed E-state index contributed by atoms with van der Waals surface area (Å²) in [6.45, 7) is 2.12. The van der Waals surface area contributed by atoms with Gasteiger partial charge in [0, 0.05) is 12.4 Å². The molecule has 1 unspecified atom stereocenters. The van der Waals surface area contributed by atoms with Crippen LogP contribution in [0.5, 0.6) is 0 Å². The minimum Gasteiger partial charge on any atom is -0.479 e. The lowest BCUT2D eigenvalue weighted by Crippen LogP contribution is -2.63. The number of aromatic nitrogens is 1. The fraction of sp³-hybridized carbons (Fsp3) is 0.545. The number of rotatable bonds is 4. The first-order chi connectivity index (χ1) is 9.47. The Hall–Kier alpha value is -1.84. The molecule has 0 spiro atoms. The van der Waals surface area contributed by atoms with Crippen molar-refractivity contribution in [3.05, 3.63) is 16.1 Å². The van der Waals surface area contributed by atoms with Crippen LogP contribution in [0.1, 0.15) is 17.6 Å². The number of halogens is 3. The largest absolute Gasteiger partial charge is 0.479 e. The van der Waals surface area contributed by atoms with E-state index in [4.69, 9.17) is 5.11 Å². The highest BCUT2D eigenvalue weighted by atomic mass is 32.1. The van der Waals surface area contributed by atoms with E-state index in [-0.39, 0.29) is 6.54 Å². The minimum absolute atomic E-state index is 0.0241. The summed E-state index contributed by atoms with van der Waals surface area (Å²) in [7, 11) is 1.25. The van der Waals surface area contributed by atoms with Crippen LogP contribution in [0, 0.1) is 6.92 Å². The lowest BCUT2D eigenvalue weighted by atomic mass is 10.0. The second-order valence-corrected chi connectivity index (χ2v) is 5.63. The summed E-state index contributed by atoms with van der Waals surface area (Å²) < 4.78 is 38.4. The van der Waals surface area contributed by atoms with Gasteiger partial charge < -0.3 is 15.3 Å². The van der Waals surface area contributed by atoms with E-state index < -0.39 is 23.7 Å². The van der Waals surface area contributed by atoms with E-state index in [1.165, 1.54) is 23.7 Å². The predicted octanol–water partition coefficient (Wildman–Crippen LogP) is 2.00. The smallest absolute Gasteiger partial charge is 0.422 e. The first-order valence-electron chi connectivity index (χ1n) is 5.72. The summed E-state index contributed by atoms with van der Waals surface area (Å²) >= 11 is 1.34. The van der Waals surface area contributed by atoms with Gasteiger partial charge in [0.25, 0.3) is 0 Å². The van der Waals surface area contributed by atoms with Gasteiger partial charge in [-0.1, -0.05) is 0 Å². The molecule has 1 heterocycles. The van der Waals surface area contributed by atoms with Crippen molar-refractivity contribution in [2.75, 3.05) is 7.05 Å². The van der Waals surface area contributed by atoms with Gasteiger partial charge in [-0.05, 0) is 13.8 Å². The Kier molecular flexibility index (Phi) is 4.82. The Labute approximate surface area is 122 Å². The first-order valence-corrected chi connectivity index (χ1v) is 6.59. The van der Waals surface area contributed by atoms with E-state index in [9.17, 15) is 22.8 Å². The summed E-state index contributed by atoms with van der Waals surface area (Å²) in [4.78, 5) is 27.6. The molecule has 21 heavy (non-hydrogen) atoms. The number of hydrogen-bond acceptors (Lipinski definition) is 4. The number of aliphatic carboxylic acids is 1. The van der Waals surface area contributed by atoms with Crippen molar-refractivity contribution in [1.82, 2.24) is 15.2 Å². The topological polar surface area (TPSA) is 82.5 Å². The molecule has 118 valence electrons. The monoisotopic (exact) mass is 325 g/mol. The number of nitrogens with one attached hydrogen (secondary N) is 1. The van der Waals surface area contributed by atoms with Crippen LogP contribution in [0.15, 0.2) is 5.38 Å². The summed E-state index contributed by atoms with van der Waals surface area (Å²) in [5, 5.41) is 12.6. The third-order valence-electron chi connectivity index (χ3n) is 2.76.